The van der Waals surface area contributed by atoms with Gasteiger partial charge < -0.3 is 9.84 Å². The Hall–Kier alpha value is -1.86. The van der Waals surface area contributed by atoms with Gasteiger partial charge in [0.1, 0.15) is 10.1 Å². The number of carbonyl (C=O) groups excluding carboxylic acids is 1. The van der Waals surface area contributed by atoms with Crippen LogP contribution >= 0.6 is 24.0 Å². The number of ether oxygens (including phenoxy) is 1. The topological polar surface area (TPSA) is 66.8 Å². The van der Waals surface area contributed by atoms with E-state index in [2.05, 4.69) is 0 Å². The number of carboxylic acids is 1. The van der Waals surface area contributed by atoms with Crippen molar-refractivity contribution in [3.63, 3.8) is 0 Å². The van der Waals surface area contributed by atoms with Crippen LogP contribution in [-0.4, -0.2) is 39.4 Å². The van der Waals surface area contributed by atoms with E-state index in [4.69, 9.17) is 22.1 Å². The van der Waals surface area contributed by atoms with Crippen molar-refractivity contribution in [2.75, 3.05) is 13.2 Å². The van der Waals surface area contributed by atoms with Crippen LogP contribution in [0.1, 0.15) is 18.9 Å². The highest BCUT2D eigenvalue weighted by Gasteiger charge is 2.30. The van der Waals surface area contributed by atoms with Crippen LogP contribution in [0.3, 0.4) is 0 Å². The molecule has 1 saturated heterocycles. The van der Waals surface area contributed by atoms with Gasteiger partial charge in [-0.05, 0) is 30.7 Å². The van der Waals surface area contributed by atoms with Crippen LogP contribution in [0.25, 0.3) is 6.08 Å². The maximum absolute atomic E-state index is 12.1. The lowest BCUT2D eigenvalue weighted by atomic mass is 10.2. The number of aliphatic carboxylic acids is 1. The van der Waals surface area contributed by atoms with Gasteiger partial charge in [-0.25, -0.2) is 0 Å². The van der Waals surface area contributed by atoms with Crippen LogP contribution in [0.5, 0.6) is 5.75 Å². The summed E-state index contributed by atoms with van der Waals surface area (Å²) >= 11 is 6.45. The van der Waals surface area contributed by atoms with E-state index in [0.29, 0.717) is 21.5 Å². The Bertz CT molecular complexity index is 625. The number of hydrogen-bond donors (Lipinski definition) is 1. The predicted molar refractivity (Wildman–Crippen MR) is 89.7 cm³/mol. The fraction of sp³-hybridized carbons (Fsp3) is 0.267. The second-order valence-corrected chi connectivity index (χ2v) is 6.16. The zero-order valence-corrected chi connectivity index (χ0v) is 13.6. The molecule has 1 amide bonds. The van der Waals surface area contributed by atoms with Gasteiger partial charge in [0.25, 0.3) is 5.91 Å². The molecule has 0 unspecified atom stereocenters. The number of carboxylic acid groups (broad SMARTS) is 1. The lowest BCUT2D eigenvalue weighted by molar-refractivity contribution is -0.137. The fourth-order valence-electron chi connectivity index (χ4n) is 1.84. The second kappa shape index (κ2) is 7.42. The number of likely N-dealkylation sites (N-methyl/N-ethyl adjacent to an activating group) is 1. The van der Waals surface area contributed by atoms with Gasteiger partial charge in [-0.1, -0.05) is 36.1 Å². The van der Waals surface area contributed by atoms with Gasteiger partial charge in [-0.3, -0.25) is 14.5 Å². The predicted octanol–water partition coefficient (Wildman–Crippen LogP) is 2.76. The summed E-state index contributed by atoms with van der Waals surface area (Å²) in [6, 6.07) is 7.12. The van der Waals surface area contributed by atoms with Crippen LogP contribution in [0.15, 0.2) is 29.2 Å². The molecule has 0 aliphatic carbocycles. The van der Waals surface area contributed by atoms with Crippen LogP contribution < -0.4 is 4.74 Å². The lowest BCUT2D eigenvalue weighted by Gasteiger charge is -2.09. The number of nitrogens with zero attached hydrogens (tertiary/aromatic N) is 1. The van der Waals surface area contributed by atoms with Gasteiger partial charge in [-0.15, -0.1) is 0 Å². The Balaban J connectivity index is 2.02. The van der Waals surface area contributed by atoms with Gasteiger partial charge >= 0.3 is 5.97 Å². The van der Waals surface area contributed by atoms with Crippen LogP contribution in [-0.2, 0) is 9.59 Å². The third-order valence-electron chi connectivity index (χ3n) is 2.95. The van der Waals surface area contributed by atoms with Crippen molar-refractivity contribution in [2.24, 2.45) is 0 Å². The normalized spacial score (nSPS) is 16.4. The molecule has 1 N–H and O–H groups in total. The maximum Gasteiger partial charge on any atom is 0.306 e. The summed E-state index contributed by atoms with van der Waals surface area (Å²) in [6.07, 6.45) is 1.75. The minimum atomic E-state index is -0.894. The number of carbonyl (C=O) groups is 2. The quantitative estimate of drug-likeness (QED) is 0.636. The molecule has 1 aromatic rings. The fourth-order valence-corrected chi connectivity index (χ4v) is 3.22. The zero-order chi connectivity index (χ0) is 16.1. The van der Waals surface area contributed by atoms with Crippen LogP contribution in [0.2, 0.25) is 0 Å². The minimum Gasteiger partial charge on any atom is -0.493 e. The van der Waals surface area contributed by atoms with E-state index >= 15 is 0 Å². The van der Waals surface area contributed by atoms with Gasteiger partial charge in [0.15, 0.2) is 0 Å². The molecule has 116 valence electrons. The van der Waals surface area contributed by atoms with Gasteiger partial charge in [0.2, 0.25) is 0 Å². The summed E-state index contributed by atoms with van der Waals surface area (Å²) in [5, 5.41) is 8.55. The molecule has 1 aliphatic heterocycles. The third kappa shape index (κ3) is 4.08. The highest BCUT2D eigenvalue weighted by atomic mass is 32.2. The molecule has 0 aromatic heterocycles. The summed E-state index contributed by atoms with van der Waals surface area (Å²) in [6.45, 7) is 2.58. The molecule has 1 aliphatic rings. The number of thioether (sulfide) groups is 1. The molecule has 1 heterocycles. The Morgan fingerprint density at radius 1 is 1.41 bits per heavy atom. The molecule has 22 heavy (non-hydrogen) atoms. The van der Waals surface area contributed by atoms with E-state index in [1.54, 1.807) is 23.1 Å². The van der Waals surface area contributed by atoms with Crippen LogP contribution in [0.4, 0.5) is 0 Å². The van der Waals surface area contributed by atoms with E-state index in [1.807, 2.05) is 19.1 Å². The summed E-state index contributed by atoms with van der Waals surface area (Å²) in [7, 11) is 0. The van der Waals surface area contributed by atoms with Crippen molar-refractivity contribution in [3.05, 3.63) is 34.7 Å². The number of amides is 1. The van der Waals surface area contributed by atoms with Gasteiger partial charge in [0.05, 0.1) is 17.9 Å². The Labute approximate surface area is 137 Å². The van der Waals surface area contributed by atoms with E-state index in [9.17, 15) is 9.59 Å². The molecule has 5 nitrogen and oxygen atoms in total. The average molecular weight is 337 g/mol. The molecule has 0 atom stereocenters. The minimum absolute atomic E-state index is 0.0404. The second-order valence-electron chi connectivity index (χ2n) is 4.49. The van der Waals surface area contributed by atoms with Crippen molar-refractivity contribution in [2.45, 2.75) is 13.3 Å². The number of benzene rings is 1. The summed E-state index contributed by atoms with van der Waals surface area (Å²) in [5.74, 6) is -0.367. The van der Waals surface area contributed by atoms with Crippen molar-refractivity contribution in [1.29, 1.82) is 0 Å². The van der Waals surface area contributed by atoms with Crippen molar-refractivity contribution in [3.8, 4) is 5.75 Å². The summed E-state index contributed by atoms with van der Waals surface area (Å²) in [5.41, 5.74) is 0.863. The largest absolute Gasteiger partial charge is 0.493 e. The number of rotatable bonds is 6. The smallest absolute Gasteiger partial charge is 0.306 e. The van der Waals surface area contributed by atoms with E-state index in [1.165, 1.54) is 11.8 Å². The first-order chi connectivity index (χ1) is 10.5. The lowest BCUT2D eigenvalue weighted by Crippen LogP contribution is -2.27. The van der Waals surface area contributed by atoms with Gasteiger partial charge in [-0.2, -0.15) is 0 Å². The molecular weight excluding hydrogens is 322 g/mol. The van der Waals surface area contributed by atoms with Crippen LogP contribution in [0, 0.1) is 0 Å². The first-order valence-corrected chi connectivity index (χ1v) is 7.93. The Kier molecular flexibility index (Phi) is 5.57. The molecule has 0 bridgehead atoms. The van der Waals surface area contributed by atoms with Gasteiger partial charge in [0, 0.05) is 6.54 Å². The van der Waals surface area contributed by atoms with Crippen molar-refractivity contribution >= 4 is 46.3 Å². The molecule has 7 heteroatoms. The highest BCUT2D eigenvalue weighted by Crippen LogP contribution is 2.32. The Morgan fingerprint density at radius 2 is 2.09 bits per heavy atom. The van der Waals surface area contributed by atoms with E-state index < -0.39 is 5.97 Å². The average Bonchev–Trinajstić information content (AvgIpc) is 2.74. The highest BCUT2D eigenvalue weighted by molar-refractivity contribution is 8.26. The SMILES string of the molecule is CCN1C(=O)/C(=C\c2ccc(OCCC(=O)O)cc2)SC1=S. The number of hydrogen-bond acceptors (Lipinski definition) is 5. The van der Waals surface area contributed by atoms with Crippen molar-refractivity contribution < 1.29 is 19.4 Å². The Morgan fingerprint density at radius 3 is 2.64 bits per heavy atom. The molecular formula is C15H15NO4S2. The molecule has 1 fully saturated rings. The standard InChI is InChI=1S/C15H15NO4S2/c1-2-16-14(19)12(22-15(16)21)9-10-3-5-11(6-4-10)20-8-7-13(17)18/h3-6,9H,2,7-8H2,1H3,(H,17,18)/b12-9+. The molecule has 2 rings (SSSR count). The molecule has 0 saturated carbocycles. The zero-order valence-electron chi connectivity index (χ0n) is 11.9. The molecule has 1 aromatic carbocycles. The molecule has 0 radical (unpaired) electrons. The third-order valence-corrected chi connectivity index (χ3v) is 4.33. The van der Waals surface area contributed by atoms with Crippen molar-refractivity contribution in [1.82, 2.24) is 4.90 Å². The maximum atomic E-state index is 12.1. The first kappa shape index (κ1) is 16.5. The summed E-state index contributed by atoms with van der Waals surface area (Å²) < 4.78 is 5.89. The summed E-state index contributed by atoms with van der Waals surface area (Å²) in [4.78, 5) is 24.7. The van der Waals surface area contributed by atoms with E-state index in [-0.39, 0.29) is 18.9 Å². The molecule has 0 spiro atoms. The first-order valence-electron chi connectivity index (χ1n) is 6.71. The monoisotopic (exact) mass is 337 g/mol. The number of thiocarbonyl (C=S) groups is 1. The van der Waals surface area contributed by atoms with E-state index in [0.717, 1.165) is 5.56 Å².